The Balaban J connectivity index is 2.02. The van der Waals surface area contributed by atoms with Crippen molar-refractivity contribution >= 4 is 40.7 Å². The fourth-order valence-electron chi connectivity index (χ4n) is 1.91. The lowest BCUT2D eigenvalue weighted by molar-refractivity contribution is -0.111. The number of nitrogens with zero attached hydrogens (tertiary/aromatic N) is 1. The highest BCUT2D eigenvalue weighted by molar-refractivity contribution is 7.09. The first-order valence-corrected chi connectivity index (χ1v) is 8.40. The minimum Gasteiger partial charge on any atom is -0.336 e. The largest absolute Gasteiger partial charge is 0.336 e. The number of aryl methyl sites for hydroxylation is 1. The summed E-state index contributed by atoms with van der Waals surface area (Å²) in [6, 6.07) is 6.73. The molecule has 7 heteroatoms. The quantitative estimate of drug-likeness (QED) is 0.724. The first kappa shape index (κ1) is 17.7. The van der Waals surface area contributed by atoms with Gasteiger partial charge >= 0.3 is 6.03 Å². The molecule has 0 saturated heterocycles. The number of amides is 3. The van der Waals surface area contributed by atoms with E-state index in [0.717, 1.165) is 10.7 Å². The van der Waals surface area contributed by atoms with E-state index in [4.69, 9.17) is 0 Å². The summed E-state index contributed by atoms with van der Waals surface area (Å²) in [6.07, 6.45) is 3.07. The van der Waals surface area contributed by atoms with Crippen molar-refractivity contribution in [3.8, 4) is 0 Å². The Labute approximate surface area is 145 Å². The smallest absolute Gasteiger partial charge is 0.319 e. The van der Waals surface area contributed by atoms with Crippen LogP contribution in [0.25, 0.3) is 6.08 Å². The van der Waals surface area contributed by atoms with Crippen LogP contribution in [0.15, 0.2) is 35.7 Å². The molecule has 24 heavy (non-hydrogen) atoms. The number of benzene rings is 1. The molecule has 2 aromatic rings. The van der Waals surface area contributed by atoms with Crippen molar-refractivity contribution in [2.45, 2.75) is 26.8 Å². The van der Waals surface area contributed by atoms with Crippen molar-refractivity contribution in [1.29, 1.82) is 0 Å². The Morgan fingerprint density at radius 1 is 1.17 bits per heavy atom. The van der Waals surface area contributed by atoms with Crippen LogP contribution in [0, 0.1) is 6.92 Å². The molecule has 0 fully saturated rings. The van der Waals surface area contributed by atoms with Gasteiger partial charge in [0.15, 0.2) is 0 Å². The summed E-state index contributed by atoms with van der Waals surface area (Å²) in [5.74, 6) is -0.292. The number of aromatic nitrogens is 1. The predicted molar refractivity (Wildman–Crippen MR) is 98.2 cm³/mol. The van der Waals surface area contributed by atoms with Crippen molar-refractivity contribution in [3.63, 3.8) is 0 Å². The summed E-state index contributed by atoms with van der Waals surface area (Å²) in [4.78, 5) is 28.1. The van der Waals surface area contributed by atoms with Gasteiger partial charge in [0.25, 0.3) is 0 Å². The topological polar surface area (TPSA) is 83.1 Å². The SMILES string of the molecule is Cc1nc(/C=C/C(=O)Nc2ccccc2NC(=O)NC(C)C)cs1. The predicted octanol–water partition coefficient (Wildman–Crippen LogP) is 3.63. The second-order valence-corrected chi connectivity index (χ2v) is 6.47. The number of carbonyl (C=O) groups is 2. The van der Waals surface area contributed by atoms with E-state index in [2.05, 4.69) is 20.9 Å². The van der Waals surface area contributed by atoms with Crippen LogP contribution >= 0.6 is 11.3 Å². The first-order chi connectivity index (χ1) is 11.4. The second kappa shape index (κ2) is 8.26. The Bertz CT molecular complexity index is 753. The van der Waals surface area contributed by atoms with Gasteiger partial charge in [-0.05, 0) is 39.0 Å². The molecule has 0 unspecified atom stereocenters. The van der Waals surface area contributed by atoms with Gasteiger partial charge in [0.1, 0.15) is 0 Å². The maximum atomic E-state index is 12.1. The molecule has 1 aromatic carbocycles. The van der Waals surface area contributed by atoms with E-state index in [9.17, 15) is 9.59 Å². The molecular formula is C17H20N4O2S. The Kier molecular flexibility index (Phi) is 6.08. The van der Waals surface area contributed by atoms with Gasteiger partial charge in [-0.1, -0.05) is 12.1 Å². The molecule has 1 heterocycles. The number of para-hydroxylation sites is 2. The fourth-order valence-corrected chi connectivity index (χ4v) is 2.49. The van der Waals surface area contributed by atoms with Gasteiger partial charge in [0.05, 0.1) is 22.1 Å². The molecular weight excluding hydrogens is 324 g/mol. The number of nitrogens with one attached hydrogen (secondary N) is 3. The van der Waals surface area contributed by atoms with E-state index in [0.29, 0.717) is 11.4 Å². The number of rotatable bonds is 5. The highest BCUT2D eigenvalue weighted by atomic mass is 32.1. The molecule has 0 radical (unpaired) electrons. The van der Waals surface area contributed by atoms with Gasteiger partial charge in [-0.2, -0.15) is 0 Å². The van der Waals surface area contributed by atoms with Gasteiger partial charge in [-0.3, -0.25) is 4.79 Å². The Morgan fingerprint density at radius 2 is 1.83 bits per heavy atom. The van der Waals surface area contributed by atoms with E-state index in [1.54, 1.807) is 30.3 Å². The van der Waals surface area contributed by atoms with Crippen molar-refractivity contribution in [2.24, 2.45) is 0 Å². The van der Waals surface area contributed by atoms with Crippen molar-refractivity contribution in [1.82, 2.24) is 10.3 Å². The normalized spacial score (nSPS) is 10.8. The summed E-state index contributed by atoms with van der Waals surface area (Å²) >= 11 is 1.53. The number of anilines is 2. The molecule has 126 valence electrons. The monoisotopic (exact) mass is 344 g/mol. The van der Waals surface area contributed by atoms with Crippen LogP contribution in [0.5, 0.6) is 0 Å². The van der Waals surface area contributed by atoms with Crippen LogP contribution in [0.4, 0.5) is 16.2 Å². The summed E-state index contributed by atoms with van der Waals surface area (Å²) in [6.45, 7) is 5.66. The van der Waals surface area contributed by atoms with Crippen LogP contribution in [0.1, 0.15) is 24.5 Å². The molecule has 0 aliphatic heterocycles. The van der Waals surface area contributed by atoms with Gasteiger partial charge in [-0.25, -0.2) is 9.78 Å². The minimum absolute atomic E-state index is 0.0243. The summed E-state index contributed by atoms with van der Waals surface area (Å²) in [5, 5.41) is 11.0. The average Bonchev–Trinajstić information content (AvgIpc) is 2.92. The molecule has 0 atom stereocenters. The molecule has 0 spiro atoms. The van der Waals surface area contributed by atoms with Gasteiger partial charge in [-0.15, -0.1) is 11.3 Å². The molecule has 6 nitrogen and oxygen atoms in total. The van der Waals surface area contributed by atoms with E-state index in [1.807, 2.05) is 26.2 Å². The average molecular weight is 344 g/mol. The van der Waals surface area contributed by atoms with Gasteiger partial charge in [0.2, 0.25) is 5.91 Å². The van der Waals surface area contributed by atoms with Gasteiger partial charge < -0.3 is 16.0 Å². The van der Waals surface area contributed by atoms with E-state index >= 15 is 0 Å². The maximum absolute atomic E-state index is 12.1. The molecule has 0 saturated carbocycles. The number of carbonyl (C=O) groups excluding carboxylic acids is 2. The Hall–Kier alpha value is -2.67. The van der Waals surface area contributed by atoms with Crippen LogP contribution in [-0.4, -0.2) is 23.0 Å². The van der Waals surface area contributed by atoms with Crippen LogP contribution in [0.2, 0.25) is 0 Å². The lowest BCUT2D eigenvalue weighted by Gasteiger charge is -2.13. The standard InChI is InChI=1S/C17H20N4O2S/c1-11(2)18-17(23)21-15-7-5-4-6-14(15)20-16(22)9-8-13-10-24-12(3)19-13/h4-11H,1-3H3,(H,20,22)(H2,18,21,23)/b9-8+. The number of hydrogen-bond acceptors (Lipinski definition) is 4. The lowest BCUT2D eigenvalue weighted by Crippen LogP contribution is -2.34. The third kappa shape index (κ3) is 5.51. The number of urea groups is 1. The van der Waals surface area contributed by atoms with Crippen molar-refractivity contribution < 1.29 is 9.59 Å². The number of hydrogen-bond donors (Lipinski definition) is 3. The molecule has 0 aliphatic carbocycles. The highest BCUT2D eigenvalue weighted by Gasteiger charge is 2.08. The zero-order chi connectivity index (χ0) is 17.5. The molecule has 1 aromatic heterocycles. The van der Waals surface area contributed by atoms with Crippen LogP contribution in [0.3, 0.4) is 0 Å². The minimum atomic E-state index is -0.319. The maximum Gasteiger partial charge on any atom is 0.319 e. The van der Waals surface area contributed by atoms with E-state index in [-0.39, 0.29) is 18.0 Å². The molecule has 0 aliphatic rings. The summed E-state index contributed by atoms with van der Waals surface area (Å²) in [5.41, 5.74) is 1.80. The fraction of sp³-hybridized carbons (Fsp3) is 0.235. The van der Waals surface area contributed by atoms with Crippen LogP contribution in [-0.2, 0) is 4.79 Å². The third-order valence-electron chi connectivity index (χ3n) is 2.90. The summed E-state index contributed by atoms with van der Waals surface area (Å²) in [7, 11) is 0. The molecule has 0 bridgehead atoms. The van der Waals surface area contributed by atoms with E-state index < -0.39 is 0 Å². The van der Waals surface area contributed by atoms with Crippen molar-refractivity contribution in [3.05, 3.63) is 46.4 Å². The highest BCUT2D eigenvalue weighted by Crippen LogP contribution is 2.21. The third-order valence-corrected chi connectivity index (χ3v) is 3.69. The number of thiazole rings is 1. The Morgan fingerprint density at radius 3 is 2.42 bits per heavy atom. The zero-order valence-corrected chi connectivity index (χ0v) is 14.6. The van der Waals surface area contributed by atoms with Crippen LogP contribution < -0.4 is 16.0 Å². The lowest BCUT2D eigenvalue weighted by atomic mass is 10.2. The first-order valence-electron chi connectivity index (χ1n) is 7.52. The zero-order valence-electron chi connectivity index (χ0n) is 13.8. The van der Waals surface area contributed by atoms with E-state index in [1.165, 1.54) is 17.4 Å². The molecule has 2 rings (SSSR count). The molecule has 3 amide bonds. The second-order valence-electron chi connectivity index (χ2n) is 5.41. The molecule has 3 N–H and O–H groups in total. The summed E-state index contributed by atoms with van der Waals surface area (Å²) < 4.78 is 0. The van der Waals surface area contributed by atoms with Gasteiger partial charge in [0, 0.05) is 17.5 Å². The van der Waals surface area contributed by atoms with Crippen molar-refractivity contribution in [2.75, 3.05) is 10.6 Å².